The lowest BCUT2D eigenvalue weighted by molar-refractivity contribution is -0.383. The smallest absolute Gasteiger partial charge is 0.337 e. The first-order valence-corrected chi connectivity index (χ1v) is 2.64. The van der Waals surface area contributed by atoms with Gasteiger partial charge in [-0.25, -0.2) is 0 Å². The van der Waals surface area contributed by atoms with Gasteiger partial charge >= 0.3 is 5.69 Å². The first-order valence-electron chi connectivity index (χ1n) is 2.64. The molecule has 0 aliphatic rings. The second-order valence-electron chi connectivity index (χ2n) is 1.79. The van der Waals surface area contributed by atoms with Crippen molar-refractivity contribution in [2.24, 2.45) is 0 Å². The minimum absolute atomic E-state index is 0.0810. The van der Waals surface area contributed by atoms with E-state index in [1.807, 2.05) is 0 Å². The monoisotopic (exact) mass is 155 g/mol. The van der Waals surface area contributed by atoms with Crippen molar-refractivity contribution in [2.45, 2.75) is 0 Å². The van der Waals surface area contributed by atoms with E-state index in [9.17, 15) is 10.1 Å². The predicted octanol–water partition coefficient (Wildman–Crippen LogP) is -0.451. The molecule has 1 rings (SSSR count). The molecule has 0 saturated carbocycles. The van der Waals surface area contributed by atoms with Crippen LogP contribution in [-0.4, -0.2) is 15.1 Å². The third-order valence-electron chi connectivity index (χ3n) is 1.06. The molecule has 0 aliphatic heterocycles. The number of nitrogens with two attached hydrogens (primary N) is 2. The van der Waals surface area contributed by atoms with Crippen molar-refractivity contribution in [1.29, 1.82) is 0 Å². The Hall–Kier alpha value is -1.92. The number of hydrogen-bond donors (Lipinski definition) is 2. The van der Waals surface area contributed by atoms with Gasteiger partial charge in [-0.2, -0.15) is 5.10 Å². The average molecular weight is 155 g/mol. The van der Waals surface area contributed by atoms with E-state index in [1.54, 1.807) is 0 Å². The van der Waals surface area contributed by atoms with E-state index in [-0.39, 0.29) is 17.2 Å². The fourth-order valence-corrected chi connectivity index (χ4v) is 0.609. The van der Waals surface area contributed by atoms with Crippen LogP contribution in [0.25, 0.3) is 0 Å². The number of anilines is 2. The quantitative estimate of drug-likeness (QED) is 0.418. The van der Waals surface area contributed by atoms with Gasteiger partial charge in [0.05, 0.1) is 11.1 Å². The Morgan fingerprint density at radius 3 is 2.55 bits per heavy atom. The molecule has 0 radical (unpaired) electrons. The maximum absolute atomic E-state index is 10.2. The van der Waals surface area contributed by atoms with Crippen LogP contribution in [-0.2, 0) is 0 Å². The molecule has 4 N–H and O–H groups in total. The summed E-state index contributed by atoms with van der Waals surface area (Å²) in [5.41, 5.74) is 9.86. The lowest BCUT2D eigenvalue weighted by Gasteiger charge is -1.96. The molecule has 0 atom stereocenters. The molecule has 0 aliphatic carbocycles. The minimum atomic E-state index is -0.695. The average Bonchev–Trinajstić information content (AvgIpc) is 1.85. The largest absolute Gasteiger partial charge is 0.392 e. The van der Waals surface area contributed by atoms with Gasteiger partial charge in [0.2, 0.25) is 5.82 Å². The maximum atomic E-state index is 10.2. The Kier molecular flexibility index (Phi) is 1.55. The van der Waals surface area contributed by atoms with Gasteiger partial charge in [0.25, 0.3) is 0 Å². The van der Waals surface area contributed by atoms with Crippen LogP contribution in [0, 0.1) is 10.1 Å². The number of nitro groups is 1. The molecule has 0 aromatic carbocycles. The van der Waals surface area contributed by atoms with Gasteiger partial charge in [-0.3, -0.25) is 10.1 Å². The van der Waals surface area contributed by atoms with E-state index in [1.165, 1.54) is 0 Å². The number of nitrogens with zero attached hydrogens (tertiary/aromatic N) is 3. The molecule has 1 aromatic rings. The zero-order valence-electron chi connectivity index (χ0n) is 5.39. The molecule has 0 unspecified atom stereocenters. The van der Waals surface area contributed by atoms with Crippen LogP contribution in [0.2, 0.25) is 0 Å². The Balaban J connectivity index is 3.32. The topological polar surface area (TPSA) is 121 Å². The molecular weight excluding hydrogens is 150 g/mol. The summed E-state index contributed by atoms with van der Waals surface area (Å²) in [6.07, 6.45) is 1.08. The normalized spacial score (nSPS) is 9.45. The van der Waals surface area contributed by atoms with E-state index in [4.69, 9.17) is 11.5 Å². The lowest BCUT2D eigenvalue weighted by Crippen LogP contribution is -2.03. The van der Waals surface area contributed by atoms with Crippen molar-refractivity contribution < 1.29 is 4.92 Å². The highest BCUT2D eigenvalue weighted by molar-refractivity contribution is 5.67. The standard InChI is InChI=1S/C4H5N5O2/c5-2-1-7-8-4(6)3(2)9(10)11/h1H,(H4,5,6,8). The van der Waals surface area contributed by atoms with Gasteiger partial charge in [0, 0.05) is 0 Å². The first-order chi connectivity index (χ1) is 5.13. The van der Waals surface area contributed by atoms with Crippen LogP contribution < -0.4 is 11.5 Å². The van der Waals surface area contributed by atoms with E-state index in [0.717, 1.165) is 6.20 Å². The molecule has 0 bridgehead atoms. The molecule has 0 fully saturated rings. The summed E-state index contributed by atoms with van der Waals surface area (Å²) in [6, 6.07) is 0. The number of rotatable bonds is 1. The molecule has 0 amide bonds. The van der Waals surface area contributed by atoms with Crippen LogP contribution in [0.1, 0.15) is 0 Å². The summed E-state index contributed by atoms with van der Waals surface area (Å²) < 4.78 is 0. The van der Waals surface area contributed by atoms with E-state index in [2.05, 4.69) is 10.2 Å². The van der Waals surface area contributed by atoms with Gasteiger partial charge in [-0.15, -0.1) is 5.10 Å². The second kappa shape index (κ2) is 2.37. The molecule has 1 heterocycles. The van der Waals surface area contributed by atoms with Gasteiger partial charge in [0.15, 0.2) is 0 Å². The van der Waals surface area contributed by atoms with Crippen molar-refractivity contribution in [1.82, 2.24) is 10.2 Å². The van der Waals surface area contributed by atoms with Crippen molar-refractivity contribution in [2.75, 3.05) is 11.5 Å². The van der Waals surface area contributed by atoms with Crippen molar-refractivity contribution in [3.05, 3.63) is 16.3 Å². The second-order valence-corrected chi connectivity index (χ2v) is 1.79. The fraction of sp³-hybridized carbons (Fsp3) is 0. The highest BCUT2D eigenvalue weighted by atomic mass is 16.6. The number of aromatic nitrogens is 2. The molecular formula is C4H5N5O2. The van der Waals surface area contributed by atoms with E-state index >= 15 is 0 Å². The Morgan fingerprint density at radius 2 is 2.18 bits per heavy atom. The summed E-state index contributed by atoms with van der Waals surface area (Å²) in [7, 11) is 0. The number of hydrogen-bond acceptors (Lipinski definition) is 6. The molecule has 58 valence electrons. The molecule has 7 nitrogen and oxygen atoms in total. The highest BCUT2D eigenvalue weighted by Gasteiger charge is 2.16. The summed E-state index contributed by atoms with van der Waals surface area (Å²) >= 11 is 0. The minimum Gasteiger partial charge on any atom is -0.392 e. The summed E-state index contributed by atoms with van der Waals surface area (Å²) in [5, 5.41) is 16.8. The molecule has 11 heavy (non-hydrogen) atoms. The lowest BCUT2D eigenvalue weighted by atomic mass is 10.4. The molecule has 1 aromatic heterocycles. The summed E-state index contributed by atoms with van der Waals surface area (Å²) in [4.78, 5) is 9.53. The predicted molar refractivity (Wildman–Crippen MR) is 37.5 cm³/mol. The highest BCUT2D eigenvalue weighted by Crippen LogP contribution is 2.23. The van der Waals surface area contributed by atoms with Crippen LogP contribution in [0.15, 0.2) is 6.20 Å². The molecule has 0 saturated heterocycles. The van der Waals surface area contributed by atoms with Gasteiger partial charge in [0.1, 0.15) is 5.69 Å². The van der Waals surface area contributed by atoms with Gasteiger partial charge in [-0.05, 0) is 0 Å². The molecule has 0 spiro atoms. The third kappa shape index (κ3) is 1.16. The van der Waals surface area contributed by atoms with Crippen LogP contribution in [0.3, 0.4) is 0 Å². The fourth-order valence-electron chi connectivity index (χ4n) is 0.609. The van der Waals surface area contributed by atoms with Gasteiger partial charge in [-0.1, -0.05) is 0 Å². The zero-order valence-corrected chi connectivity index (χ0v) is 5.39. The van der Waals surface area contributed by atoms with Crippen molar-refractivity contribution in [3.8, 4) is 0 Å². The van der Waals surface area contributed by atoms with Crippen molar-refractivity contribution in [3.63, 3.8) is 0 Å². The van der Waals surface area contributed by atoms with Crippen molar-refractivity contribution >= 4 is 17.2 Å². The maximum Gasteiger partial charge on any atom is 0.337 e. The summed E-state index contributed by atoms with van der Waals surface area (Å²) in [6.45, 7) is 0. The van der Waals surface area contributed by atoms with Crippen LogP contribution in [0.4, 0.5) is 17.2 Å². The SMILES string of the molecule is Nc1cnnc(N)c1[N+](=O)[O-]. The van der Waals surface area contributed by atoms with E-state index in [0.29, 0.717) is 0 Å². The van der Waals surface area contributed by atoms with Crippen LogP contribution in [0.5, 0.6) is 0 Å². The zero-order chi connectivity index (χ0) is 8.43. The Labute approximate surface area is 61.2 Å². The first kappa shape index (κ1) is 7.19. The third-order valence-corrected chi connectivity index (χ3v) is 1.06. The Bertz CT molecular complexity index is 278. The number of nitrogen functional groups attached to an aromatic ring is 2. The van der Waals surface area contributed by atoms with E-state index < -0.39 is 4.92 Å². The summed E-state index contributed by atoms with van der Waals surface area (Å²) in [5.74, 6) is -0.269. The Morgan fingerprint density at radius 1 is 1.55 bits per heavy atom. The molecule has 7 heteroatoms. The van der Waals surface area contributed by atoms with Gasteiger partial charge < -0.3 is 11.5 Å². The van der Waals surface area contributed by atoms with Crippen LogP contribution >= 0.6 is 0 Å².